The third-order valence-electron chi connectivity index (χ3n) is 9.09. The van der Waals surface area contributed by atoms with E-state index in [1.165, 1.54) is 180 Å². The van der Waals surface area contributed by atoms with Crippen LogP contribution in [-0.2, 0) is 9.47 Å². The first-order valence-electron chi connectivity index (χ1n) is 18.8. The summed E-state index contributed by atoms with van der Waals surface area (Å²) >= 11 is 0. The fourth-order valence-electron chi connectivity index (χ4n) is 6.25. The van der Waals surface area contributed by atoms with Gasteiger partial charge in [-0.05, 0) is 12.8 Å². The van der Waals surface area contributed by atoms with Crippen molar-refractivity contribution in [1.29, 1.82) is 0 Å². The summed E-state index contributed by atoms with van der Waals surface area (Å²) in [5, 5.41) is 3.49. The molecule has 0 aromatic heterocycles. The van der Waals surface area contributed by atoms with Crippen LogP contribution in [0.2, 0.25) is 0 Å². The Bertz CT molecular complexity index is 441. The van der Waals surface area contributed by atoms with Crippen molar-refractivity contribution in [3.8, 4) is 0 Å². The van der Waals surface area contributed by atoms with Crippen molar-refractivity contribution in [3.05, 3.63) is 0 Å². The quantitative estimate of drug-likeness (QED) is 0.0650. The Kier molecular flexibility index (Phi) is 28.8. The van der Waals surface area contributed by atoms with Crippen LogP contribution in [0.15, 0.2) is 0 Å². The molecule has 3 nitrogen and oxygen atoms in total. The van der Waals surface area contributed by atoms with E-state index < -0.39 is 0 Å². The van der Waals surface area contributed by atoms with Crippen LogP contribution in [-0.4, -0.2) is 32.1 Å². The summed E-state index contributed by atoms with van der Waals surface area (Å²) in [5.41, 5.74) is 0. The number of nitrogens with one attached hydrogen (secondary N) is 1. The summed E-state index contributed by atoms with van der Waals surface area (Å²) < 4.78 is 12.9. The molecule has 240 valence electrons. The monoisotopic (exact) mass is 566 g/mol. The van der Waals surface area contributed by atoms with Crippen LogP contribution in [0.3, 0.4) is 0 Å². The average Bonchev–Trinajstić information content (AvgIpc) is 2.97. The molecule has 0 bridgehead atoms. The fraction of sp³-hybridized carbons (Fsp3) is 1.00. The van der Waals surface area contributed by atoms with Gasteiger partial charge in [0.2, 0.25) is 0 Å². The highest BCUT2D eigenvalue weighted by molar-refractivity contribution is 4.78. The molecule has 3 heteroatoms. The van der Waals surface area contributed by atoms with Gasteiger partial charge >= 0.3 is 0 Å². The third kappa shape index (κ3) is 24.5. The van der Waals surface area contributed by atoms with Gasteiger partial charge in [-0.15, -0.1) is 0 Å². The lowest BCUT2D eigenvalue weighted by atomic mass is 10.0. The first-order valence-corrected chi connectivity index (χ1v) is 18.8. The molecule has 0 aromatic rings. The lowest BCUT2D eigenvalue weighted by molar-refractivity contribution is -0.250. The summed E-state index contributed by atoms with van der Waals surface area (Å²) in [6, 6.07) is 0. The van der Waals surface area contributed by atoms with E-state index in [1.807, 2.05) is 0 Å². The Morgan fingerprint density at radius 3 is 0.900 bits per heavy atom. The molecule has 0 spiro atoms. The summed E-state index contributed by atoms with van der Waals surface area (Å²) in [4.78, 5) is 0. The van der Waals surface area contributed by atoms with Crippen LogP contribution in [0, 0.1) is 0 Å². The Balaban J connectivity index is 1.91. The smallest absolute Gasteiger partial charge is 0.170 e. The van der Waals surface area contributed by atoms with Crippen LogP contribution in [0.25, 0.3) is 0 Å². The Morgan fingerprint density at radius 1 is 0.375 bits per heavy atom. The third-order valence-corrected chi connectivity index (χ3v) is 9.09. The van der Waals surface area contributed by atoms with E-state index in [1.54, 1.807) is 0 Å². The van der Waals surface area contributed by atoms with E-state index in [9.17, 15) is 0 Å². The molecule has 0 radical (unpaired) electrons. The summed E-state index contributed by atoms with van der Waals surface area (Å²) in [6.45, 7) is 8.39. The highest BCUT2D eigenvalue weighted by Gasteiger charge is 2.33. The van der Waals surface area contributed by atoms with Crippen molar-refractivity contribution in [2.45, 2.75) is 212 Å². The zero-order chi connectivity index (χ0) is 28.7. The Hall–Kier alpha value is -0.120. The molecular formula is C37H75NO2. The van der Waals surface area contributed by atoms with Gasteiger partial charge in [0, 0.05) is 25.9 Å². The predicted molar refractivity (Wildman–Crippen MR) is 177 cm³/mol. The second-order valence-electron chi connectivity index (χ2n) is 13.0. The molecule has 1 saturated heterocycles. The van der Waals surface area contributed by atoms with Crippen molar-refractivity contribution in [3.63, 3.8) is 0 Å². The van der Waals surface area contributed by atoms with Crippen molar-refractivity contribution >= 4 is 0 Å². The molecule has 1 heterocycles. The van der Waals surface area contributed by atoms with Crippen LogP contribution < -0.4 is 5.32 Å². The maximum Gasteiger partial charge on any atom is 0.170 e. The SMILES string of the molecule is CCCCCCCCCCCCCCCCOC1(OCCCCCCCCCCCCCCCC)CCNCC1. The topological polar surface area (TPSA) is 30.5 Å². The van der Waals surface area contributed by atoms with Crippen molar-refractivity contribution < 1.29 is 9.47 Å². The van der Waals surface area contributed by atoms with Gasteiger partial charge in [0.25, 0.3) is 0 Å². The van der Waals surface area contributed by atoms with Crippen LogP contribution >= 0.6 is 0 Å². The van der Waals surface area contributed by atoms with E-state index >= 15 is 0 Å². The molecule has 1 N–H and O–H groups in total. The van der Waals surface area contributed by atoms with E-state index in [0.29, 0.717) is 0 Å². The van der Waals surface area contributed by atoms with Gasteiger partial charge in [-0.1, -0.05) is 181 Å². The maximum atomic E-state index is 6.43. The standard InChI is InChI=1S/C37H75NO2/c1-3-5-7-9-11-13-15-17-19-21-23-25-27-29-35-39-37(31-33-38-34-32-37)40-36-30-28-26-24-22-20-18-16-14-12-10-8-6-4-2/h38H,3-36H2,1-2H3. The minimum atomic E-state index is -0.307. The Labute approximate surface area is 253 Å². The second-order valence-corrected chi connectivity index (χ2v) is 13.0. The molecule has 0 amide bonds. The number of piperidine rings is 1. The van der Waals surface area contributed by atoms with Gasteiger partial charge in [-0.25, -0.2) is 0 Å². The Morgan fingerprint density at radius 2 is 0.625 bits per heavy atom. The summed E-state index contributed by atoms with van der Waals surface area (Å²) in [6.07, 6.45) is 41.3. The number of ether oxygens (including phenoxy) is 2. The number of hydrogen-bond acceptors (Lipinski definition) is 3. The normalized spacial score (nSPS) is 15.2. The molecule has 0 saturated carbocycles. The van der Waals surface area contributed by atoms with E-state index in [2.05, 4.69) is 19.2 Å². The van der Waals surface area contributed by atoms with Gasteiger partial charge in [0.05, 0.1) is 13.2 Å². The lowest BCUT2D eigenvalue weighted by Gasteiger charge is -2.37. The van der Waals surface area contributed by atoms with Crippen molar-refractivity contribution in [2.75, 3.05) is 26.3 Å². The van der Waals surface area contributed by atoms with Gasteiger partial charge in [-0.2, -0.15) is 0 Å². The molecule has 40 heavy (non-hydrogen) atoms. The van der Waals surface area contributed by atoms with Crippen molar-refractivity contribution in [2.24, 2.45) is 0 Å². The maximum absolute atomic E-state index is 6.43. The van der Waals surface area contributed by atoms with E-state index in [4.69, 9.17) is 9.47 Å². The first kappa shape index (κ1) is 37.9. The average molecular weight is 566 g/mol. The zero-order valence-electron chi connectivity index (χ0n) is 27.9. The largest absolute Gasteiger partial charge is 0.350 e. The highest BCUT2D eigenvalue weighted by atomic mass is 16.7. The number of rotatable bonds is 32. The summed E-state index contributed by atoms with van der Waals surface area (Å²) in [5.74, 6) is -0.307. The van der Waals surface area contributed by atoms with Crippen LogP contribution in [0.1, 0.15) is 206 Å². The molecule has 0 atom stereocenters. The lowest BCUT2D eigenvalue weighted by Crippen LogP contribution is -2.46. The fourth-order valence-corrected chi connectivity index (χ4v) is 6.25. The van der Waals surface area contributed by atoms with Crippen LogP contribution in [0.4, 0.5) is 0 Å². The second kappa shape index (κ2) is 30.3. The molecule has 0 unspecified atom stereocenters. The molecule has 1 aliphatic rings. The molecule has 1 aliphatic heterocycles. The zero-order valence-corrected chi connectivity index (χ0v) is 27.9. The molecule has 1 rings (SSSR count). The van der Waals surface area contributed by atoms with Gasteiger partial charge in [0.15, 0.2) is 5.79 Å². The summed E-state index contributed by atoms with van der Waals surface area (Å²) in [7, 11) is 0. The van der Waals surface area contributed by atoms with Gasteiger partial charge < -0.3 is 14.8 Å². The minimum Gasteiger partial charge on any atom is -0.350 e. The number of unbranched alkanes of at least 4 members (excludes halogenated alkanes) is 26. The highest BCUT2D eigenvalue weighted by Crippen LogP contribution is 2.26. The van der Waals surface area contributed by atoms with E-state index in [0.717, 1.165) is 39.1 Å². The minimum absolute atomic E-state index is 0.307. The molecular weight excluding hydrogens is 490 g/mol. The van der Waals surface area contributed by atoms with Crippen molar-refractivity contribution in [1.82, 2.24) is 5.32 Å². The van der Waals surface area contributed by atoms with Gasteiger partial charge in [0.1, 0.15) is 0 Å². The molecule has 0 aromatic carbocycles. The molecule has 0 aliphatic carbocycles. The predicted octanol–water partition coefficient (Wildman–Crippen LogP) is 12.1. The molecule has 1 fully saturated rings. The first-order chi connectivity index (χ1) is 19.8. The number of hydrogen-bond donors (Lipinski definition) is 1. The van der Waals surface area contributed by atoms with Gasteiger partial charge in [-0.3, -0.25) is 0 Å². The van der Waals surface area contributed by atoms with E-state index in [-0.39, 0.29) is 5.79 Å². The van der Waals surface area contributed by atoms with Crippen LogP contribution in [0.5, 0.6) is 0 Å².